The van der Waals surface area contributed by atoms with Crippen molar-refractivity contribution in [1.82, 2.24) is 20.6 Å². The zero-order valence-corrected chi connectivity index (χ0v) is 13.0. The largest absolute Gasteiger partial charge is 0.489 e. The molecule has 2 N–H and O–H groups in total. The first-order chi connectivity index (χ1) is 11.3. The number of nitrogens with one attached hydrogen (secondary N) is 2. The summed E-state index contributed by atoms with van der Waals surface area (Å²) in [6, 6.07) is 7.44. The average molecular weight is 331 g/mol. The molecule has 0 aliphatic heterocycles. The van der Waals surface area contributed by atoms with Gasteiger partial charge in [-0.05, 0) is 49.1 Å². The number of H-pyrrole nitrogens is 1. The summed E-state index contributed by atoms with van der Waals surface area (Å²) in [6.45, 7) is 0. The van der Waals surface area contributed by atoms with Crippen LogP contribution in [0.4, 0.5) is 5.69 Å². The Labute approximate surface area is 138 Å². The second-order valence-electron chi connectivity index (χ2n) is 5.22. The first-order valence-corrected chi connectivity index (χ1v) is 7.71. The topological polar surface area (TPSA) is 99.5 Å². The SMILES string of the molecule is N#CC(=CNc1ccc(OC2CCCC2)c(Cl)c1)c1nn[nH]n1. The Balaban J connectivity index is 1.69. The Bertz CT molecular complexity index is 731. The number of halogens is 1. The van der Waals surface area contributed by atoms with E-state index in [2.05, 4.69) is 25.9 Å². The fourth-order valence-corrected chi connectivity index (χ4v) is 2.68. The minimum atomic E-state index is 0.229. The van der Waals surface area contributed by atoms with Crippen LogP contribution in [-0.4, -0.2) is 26.7 Å². The molecule has 0 amide bonds. The first-order valence-electron chi connectivity index (χ1n) is 7.33. The van der Waals surface area contributed by atoms with Crippen LogP contribution in [0.1, 0.15) is 31.5 Å². The Kier molecular flexibility index (Phi) is 4.74. The number of anilines is 1. The van der Waals surface area contributed by atoms with Gasteiger partial charge in [0.25, 0.3) is 0 Å². The quantitative estimate of drug-likeness (QED) is 0.817. The van der Waals surface area contributed by atoms with Crippen molar-refractivity contribution in [3.8, 4) is 11.8 Å². The standard InChI is InChI=1S/C15H15ClN6O/c16-13-7-11(5-6-14(13)23-12-3-1-2-4-12)18-9-10(8-17)15-19-21-22-20-15/h5-7,9,12,18H,1-4H2,(H,19,20,21,22). The van der Waals surface area contributed by atoms with Gasteiger partial charge in [0.05, 0.1) is 11.1 Å². The van der Waals surface area contributed by atoms with Gasteiger partial charge in [-0.15, -0.1) is 10.2 Å². The highest BCUT2D eigenvalue weighted by Crippen LogP contribution is 2.31. The van der Waals surface area contributed by atoms with E-state index in [-0.39, 0.29) is 17.5 Å². The molecule has 2 aromatic rings. The molecule has 1 aliphatic rings. The monoisotopic (exact) mass is 330 g/mol. The number of aromatic amines is 1. The van der Waals surface area contributed by atoms with Crippen molar-refractivity contribution >= 4 is 22.9 Å². The van der Waals surface area contributed by atoms with Crippen LogP contribution < -0.4 is 10.1 Å². The number of nitriles is 1. The van der Waals surface area contributed by atoms with Crippen molar-refractivity contribution in [2.24, 2.45) is 0 Å². The fraction of sp³-hybridized carbons (Fsp3) is 0.333. The lowest BCUT2D eigenvalue weighted by atomic mass is 10.2. The zero-order chi connectivity index (χ0) is 16.1. The Morgan fingerprint density at radius 3 is 2.91 bits per heavy atom. The van der Waals surface area contributed by atoms with E-state index < -0.39 is 0 Å². The third-order valence-corrected chi connectivity index (χ3v) is 3.91. The van der Waals surface area contributed by atoms with Gasteiger partial charge in [0.2, 0.25) is 5.82 Å². The van der Waals surface area contributed by atoms with E-state index in [9.17, 15) is 0 Å². The predicted octanol–water partition coefficient (Wildman–Crippen LogP) is 3.15. The van der Waals surface area contributed by atoms with E-state index in [1.807, 2.05) is 18.2 Å². The molecule has 0 unspecified atom stereocenters. The smallest absolute Gasteiger partial charge is 0.216 e. The van der Waals surface area contributed by atoms with E-state index in [4.69, 9.17) is 21.6 Å². The summed E-state index contributed by atoms with van der Waals surface area (Å²) in [5.74, 6) is 0.916. The highest BCUT2D eigenvalue weighted by molar-refractivity contribution is 6.32. The van der Waals surface area contributed by atoms with Crippen molar-refractivity contribution in [3.63, 3.8) is 0 Å². The van der Waals surface area contributed by atoms with Crippen LogP contribution in [0.25, 0.3) is 5.57 Å². The second-order valence-corrected chi connectivity index (χ2v) is 5.63. The van der Waals surface area contributed by atoms with Crippen molar-refractivity contribution in [3.05, 3.63) is 35.2 Å². The molecule has 8 heteroatoms. The number of tetrazole rings is 1. The molecule has 118 valence electrons. The van der Waals surface area contributed by atoms with Crippen molar-refractivity contribution in [2.75, 3.05) is 5.32 Å². The lowest BCUT2D eigenvalue weighted by Crippen LogP contribution is -2.11. The fourth-order valence-electron chi connectivity index (χ4n) is 2.45. The summed E-state index contributed by atoms with van der Waals surface area (Å²) in [7, 11) is 0. The molecule has 1 aromatic heterocycles. The lowest BCUT2D eigenvalue weighted by molar-refractivity contribution is 0.210. The Hall–Kier alpha value is -2.59. The van der Waals surface area contributed by atoms with Crippen LogP contribution >= 0.6 is 11.6 Å². The maximum atomic E-state index is 9.11. The molecule has 0 atom stereocenters. The van der Waals surface area contributed by atoms with E-state index in [0.29, 0.717) is 10.8 Å². The van der Waals surface area contributed by atoms with E-state index in [1.54, 1.807) is 6.07 Å². The highest BCUT2D eigenvalue weighted by Gasteiger charge is 2.17. The number of hydrogen-bond acceptors (Lipinski definition) is 6. The molecule has 1 aliphatic carbocycles. The van der Waals surface area contributed by atoms with Crippen molar-refractivity contribution < 1.29 is 4.74 Å². The third kappa shape index (κ3) is 3.79. The van der Waals surface area contributed by atoms with E-state index in [0.717, 1.165) is 18.5 Å². The molecule has 23 heavy (non-hydrogen) atoms. The number of rotatable bonds is 5. The number of aromatic nitrogens is 4. The number of benzene rings is 1. The summed E-state index contributed by atoms with van der Waals surface area (Å²) in [4.78, 5) is 0. The van der Waals surface area contributed by atoms with Crippen LogP contribution in [0.5, 0.6) is 5.75 Å². The molecule has 0 radical (unpaired) electrons. The third-order valence-electron chi connectivity index (χ3n) is 3.62. The number of allylic oxidation sites excluding steroid dienone is 1. The van der Waals surface area contributed by atoms with Gasteiger partial charge >= 0.3 is 0 Å². The van der Waals surface area contributed by atoms with Gasteiger partial charge in [-0.25, -0.2) is 0 Å². The van der Waals surface area contributed by atoms with Gasteiger partial charge < -0.3 is 10.1 Å². The Morgan fingerprint density at radius 2 is 2.26 bits per heavy atom. The predicted molar refractivity (Wildman–Crippen MR) is 85.7 cm³/mol. The molecular weight excluding hydrogens is 316 g/mol. The molecular formula is C15H15ClN6O. The normalized spacial score (nSPS) is 15.4. The van der Waals surface area contributed by atoms with Gasteiger partial charge in [-0.2, -0.15) is 10.5 Å². The second kappa shape index (κ2) is 7.11. The number of nitrogens with zero attached hydrogens (tertiary/aromatic N) is 4. The summed E-state index contributed by atoms with van der Waals surface area (Å²) in [5, 5.41) is 25.9. The summed E-state index contributed by atoms with van der Waals surface area (Å²) in [6.07, 6.45) is 6.34. The first kappa shape index (κ1) is 15.3. The van der Waals surface area contributed by atoms with Crippen molar-refractivity contribution in [1.29, 1.82) is 5.26 Å². The van der Waals surface area contributed by atoms with Gasteiger partial charge in [0.15, 0.2) is 0 Å². The molecule has 1 saturated carbocycles. The summed E-state index contributed by atoms with van der Waals surface area (Å²) in [5.41, 5.74) is 1.01. The van der Waals surface area contributed by atoms with Gasteiger partial charge in [-0.3, -0.25) is 0 Å². The van der Waals surface area contributed by atoms with Gasteiger partial charge in [0.1, 0.15) is 17.4 Å². The molecule has 0 bridgehead atoms. The summed E-state index contributed by atoms with van der Waals surface area (Å²) >= 11 is 6.27. The molecule has 0 spiro atoms. The van der Waals surface area contributed by atoms with Crippen LogP contribution in [0, 0.1) is 11.3 Å². The lowest BCUT2D eigenvalue weighted by Gasteiger charge is -2.15. The van der Waals surface area contributed by atoms with Crippen LogP contribution in [-0.2, 0) is 0 Å². The van der Waals surface area contributed by atoms with Crippen LogP contribution in [0.3, 0.4) is 0 Å². The minimum Gasteiger partial charge on any atom is -0.489 e. The number of hydrogen-bond donors (Lipinski definition) is 2. The van der Waals surface area contributed by atoms with Crippen molar-refractivity contribution in [2.45, 2.75) is 31.8 Å². The average Bonchev–Trinajstić information content (AvgIpc) is 3.24. The zero-order valence-electron chi connectivity index (χ0n) is 12.3. The van der Waals surface area contributed by atoms with E-state index >= 15 is 0 Å². The van der Waals surface area contributed by atoms with E-state index in [1.165, 1.54) is 19.0 Å². The molecule has 1 heterocycles. The Morgan fingerprint density at radius 1 is 1.43 bits per heavy atom. The van der Waals surface area contributed by atoms with Crippen LogP contribution in [0.15, 0.2) is 24.4 Å². The minimum absolute atomic E-state index is 0.229. The van der Waals surface area contributed by atoms with Gasteiger partial charge in [0, 0.05) is 11.9 Å². The van der Waals surface area contributed by atoms with Crippen LogP contribution in [0.2, 0.25) is 5.02 Å². The molecule has 1 fully saturated rings. The molecule has 3 rings (SSSR count). The summed E-state index contributed by atoms with van der Waals surface area (Å²) < 4.78 is 5.91. The molecule has 1 aromatic carbocycles. The molecule has 0 saturated heterocycles. The maximum Gasteiger partial charge on any atom is 0.216 e. The highest BCUT2D eigenvalue weighted by atomic mass is 35.5. The number of ether oxygens (including phenoxy) is 1. The molecule has 7 nitrogen and oxygen atoms in total. The maximum absolute atomic E-state index is 9.11. The van der Waals surface area contributed by atoms with Gasteiger partial charge in [-0.1, -0.05) is 11.6 Å².